The Bertz CT molecular complexity index is 1490. The van der Waals surface area contributed by atoms with Crippen LogP contribution in [0.4, 0.5) is 26.3 Å². The van der Waals surface area contributed by atoms with Crippen LogP contribution in [-0.4, -0.2) is 37.4 Å². The Hall–Kier alpha value is -3.12. The third-order valence-corrected chi connectivity index (χ3v) is 10.5. The average Bonchev–Trinajstić information content (AvgIpc) is 3.67. The molecule has 1 saturated heterocycles. The molecule has 2 aromatic rings. The molecule has 12 heteroatoms. The fraction of sp³-hybridized carbons (Fsp3) is 0.622. The number of rotatable bonds is 10. The van der Waals surface area contributed by atoms with Crippen molar-refractivity contribution < 1.29 is 54.9 Å². The Kier molecular flexibility index (Phi) is 11.2. The highest BCUT2D eigenvalue weighted by atomic mass is 19.4. The van der Waals surface area contributed by atoms with Crippen LogP contribution in [0.3, 0.4) is 0 Å². The number of benzene rings is 2. The molecule has 8 atom stereocenters. The van der Waals surface area contributed by atoms with E-state index >= 15 is 0 Å². The van der Waals surface area contributed by atoms with Crippen molar-refractivity contribution in [2.45, 2.75) is 117 Å². The maximum Gasteiger partial charge on any atom is 0.421 e. The van der Waals surface area contributed by atoms with Crippen molar-refractivity contribution >= 4 is 11.9 Å². The van der Waals surface area contributed by atoms with Gasteiger partial charge >= 0.3 is 24.3 Å². The Morgan fingerprint density at radius 3 is 2.10 bits per heavy atom. The molecule has 0 aromatic heterocycles. The first-order valence-corrected chi connectivity index (χ1v) is 16.6. The van der Waals surface area contributed by atoms with Crippen molar-refractivity contribution in [3.63, 3.8) is 0 Å². The summed E-state index contributed by atoms with van der Waals surface area (Å²) >= 11 is 0. The number of carbonyl (C=O) groups is 2. The number of fused-ring (bicyclic) bond motifs is 1. The molecule has 0 radical (unpaired) electrons. The SMILES string of the molecule is CCC(C)(C)C(=O)OC1C2CC3C(=O)OC1C3C2.CCC(C)c1ccc(C(C)(OC(OC)c2cc(C)cc(C(F)(F)F)c2)C(F)(F)F)cc1. The number of hydrogen-bond donors (Lipinski definition) is 0. The van der Waals surface area contributed by atoms with Crippen molar-refractivity contribution in [2.75, 3.05) is 7.11 Å². The van der Waals surface area contributed by atoms with E-state index < -0.39 is 35.2 Å². The summed E-state index contributed by atoms with van der Waals surface area (Å²) in [4.78, 5) is 23.7. The number of methoxy groups -OCH3 is 1. The van der Waals surface area contributed by atoms with E-state index in [9.17, 15) is 35.9 Å². The predicted octanol–water partition coefficient (Wildman–Crippen LogP) is 9.58. The Balaban J connectivity index is 0.000000252. The predicted molar refractivity (Wildman–Crippen MR) is 169 cm³/mol. The molecule has 0 amide bonds. The van der Waals surface area contributed by atoms with Crippen molar-refractivity contribution in [3.05, 3.63) is 70.3 Å². The van der Waals surface area contributed by atoms with E-state index in [0.29, 0.717) is 11.8 Å². The molecule has 49 heavy (non-hydrogen) atoms. The van der Waals surface area contributed by atoms with Crippen LogP contribution >= 0.6 is 0 Å². The molecule has 1 heterocycles. The maximum absolute atomic E-state index is 14.1. The quantitative estimate of drug-likeness (QED) is 0.140. The topological polar surface area (TPSA) is 71.1 Å². The lowest BCUT2D eigenvalue weighted by Crippen LogP contribution is -2.43. The minimum Gasteiger partial charge on any atom is -0.458 e. The van der Waals surface area contributed by atoms with Gasteiger partial charge in [0.25, 0.3) is 0 Å². The first kappa shape index (κ1) is 38.7. The van der Waals surface area contributed by atoms with Gasteiger partial charge in [-0.15, -0.1) is 0 Å². The molecule has 2 bridgehead atoms. The van der Waals surface area contributed by atoms with E-state index in [4.69, 9.17) is 18.9 Å². The van der Waals surface area contributed by atoms with Gasteiger partial charge in [-0.05, 0) is 82.6 Å². The first-order chi connectivity index (χ1) is 22.7. The number of halogens is 6. The molecule has 6 nitrogen and oxygen atoms in total. The summed E-state index contributed by atoms with van der Waals surface area (Å²) in [6.45, 7) is 12.0. The molecule has 5 rings (SSSR count). The molecule has 1 aliphatic heterocycles. The van der Waals surface area contributed by atoms with Gasteiger partial charge in [0.15, 0.2) is 11.9 Å². The van der Waals surface area contributed by atoms with Crippen LogP contribution in [0.25, 0.3) is 0 Å². The lowest BCUT2D eigenvalue weighted by atomic mass is 9.87. The number of ether oxygens (including phenoxy) is 4. The summed E-state index contributed by atoms with van der Waals surface area (Å²) < 4.78 is 103. The van der Waals surface area contributed by atoms with Crippen molar-refractivity contribution in [1.29, 1.82) is 0 Å². The fourth-order valence-electron chi connectivity index (χ4n) is 6.73. The molecule has 2 saturated carbocycles. The lowest BCUT2D eigenvalue weighted by Gasteiger charge is -2.36. The molecule has 3 aliphatic rings. The number of hydrogen-bond acceptors (Lipinski definition) is 6. The smallest absolute Gasteiger partial charge is 0.421 e. The molecule has 0 spiro atoms. The van der Waals surface area contributed by atoms with E-state index in [0.717, 1.165) is 57.4 Å². The summed E-state index contributed by atoms with van der Waals surface area (Å²) in [7, 11) is 1.09. The highest BCUT2D eigenvalue weighted by Gasteiger charge is 2.63. The Morgan fingerprint density at radius 2 is 1.57 bits per heavy atom. The fourth-order valence-corrected chi connectivity index (χ4v) is 6.73. The second-order valence-electron chi connectivity index (χ2n) is 14.3. The van der Waals surface area contributed by atoms with Crippen LogP contribution in [-0.2, 0) is 40.3 Å². The van der Waals surface area contributed by atoms with Gasteiger partial charge in [0.05, 0.1) is 16.9 Å². The van der Waals surface area contributed by atoms with E-state index in [1.807, 2.05) is 34.6 Å². The van der Waals surface area contributed by atoms with E-state index in [1.54, 1.807) is 12.1 Å². The van der Waals surface area contributed by atoms with Crippen molar-refractivity contribution in [1.82, 2.24) is 0 Å². The third-order valence-electron chi connectivity index (χ3n) is 10.5. The second-order valence-corrected chi connectivity index (χ2v) is 14.3. The van der Waals surface area contributed by atoms with Crippen LogP contribution in [0.2, 0.25) is 0 Å². The van der Waals surface area contributed by atoms with Gasteiger partial charge < -0.3 is 18.9 Å². The Labute approximate surface area is 283 Å². The zero-order valence-corrected chi connectivity index (χ0v) is 29.1. The maximum atomic E-state index is 14.1. The van der Waals surface area contributed by atoms with Crippen LogP contribution in [0.15, 0.2) is 42.5 Å². The number of alkyl halides is 6. The number of aryl methyl sites for hydroxylation is 1. The first-order valence-electron chi connectivity index (χ1n) is 16.6. The van der Waals surface area contributed by atoms with Gasteiger partial charge in [0, 0.05) is 24.5 Å². The lowest BCUT2D eigenvalue weighted by molar-refractivity contribution is -0.324. The minimum atomic E-state index is -4.85. The highest BCUT2D eigenvalue weighted by Crippen LogP contribution is 2.55. The van der Waals surface area contributed by atoms with Crippen LogP contribution in [0.1, 0.15) is 107 Å². The van der Waals surface area contributed by atoms with Crippen molar-refractivity contribution in [3.8, 4) is 0 Å². The van der Waals surface area contributed by atoms with Gasteiger partial charge in [0.2, 0.25) is 0 Å². The van der Waals surface area contributed by atoms with E-state index in [2.05, 4.69) is 0 Å². The molecule has 272 valence electrons. The minimum absolute atomic E-state index is 0.0779. The van der Waals surface area contributed by atoms with Crippen LogP contribution < -0.4 is 0 Å². The highest BCUT2D eigenvalue weighted by molar-refractivity contribution is 5.78. The van der Waals surface area contributed by atoms with E-state index in [1.165, 1.54) is 25.1 Å². The molecule has 0 N–H and O–H groups in total. The van der Waals surface area contributed by atoms with Gasteiger partial charge in [-0.25, -0.2) is 0 Å². The molecule has 2 aliphatic carbocycles. The summed E-state index contributed by atoms with van der Waals surface area (Å²) in [5, 5.41) is 0. The zero-order valence-electron chi connectivity index (χ0n) is 29.1. The Morgan fingerprint density at radius 1 is 0.939 bits per heavy atom. The van der Waals surface area contributed by atoms with Crippen LogP contribution in [0.5, 0.6) is 0 Å². The van der Waals surface area contributed by atoms with Crippen LogP contribution in [0, 0.1) is 30.1 Å². The molecule has 8 unspecified atom stereocenters. The van der Waals surface area contributed by atoms with Gasteiger partial charge in [-0.1, -0.05) is 56.7 Å². The standard InChI is InChI=1S/C23H26F6O2.C14H20O4/c1-6-15(3)16-7-9-18(10-8-16)21(4,23(27,28)29)31-20(30-5)17-11-14(2)12-19(13-17)22(24,25)26;1-4-14(2,3)13(16)18-10-7-5-8-9(6-7)12(15)17-11(8)10/h7-13,15,20H,6H2,1-5H3;7-11H,4-6H2,1-3H3. The number of carbonyl (C=O) groups excluding carboxylic acids is 2. The summed E-state index contributed by atoms with van der Waals surface area (Å²) in [5.74, 6) is 0.627. The van der Waals surface area contributed by atoms with Crippen molar-refractivity contribution in [2.24, 2.45) is 23.2 Å². The summed E-state index contributed by atoms with van der Waals surface area (Å²) in [6.07, 6.45) is -8.14. The average molecular weight is 701 g/mol. The summed E-state index contributed by atoms with van der Waals surface area (Å²) in [6, 6.07) is 8.83. The zero-order chi connectivity index (χ0) is 36.7. The molecular formula is C37H46F6O6. The van der Waals surface area contributed by atoms with Gasteiger partial charge in [0.1, 0.15) is 12.2 Å². The summed E-state index contributed by atoms with van der Waals surface area (Å²) in [5.41, 5.74) is -3.46. The monoisotopic (exact) mass is 700 g/mol. The molecule has 2 aromatic carbocycles. The molecule has 3 fully saturated rings. The van der Waals surface area contributed by atoms with E-state index in [-0.39, 0.29) is 52.7 Å². The molecular weight excluding hydrogens is 654 g/mol. The normalized spacial score (nSPS) is 25.6. The van der Waals surface area contributed by atoms with Gasteiger partial charge in [-0.3, -0.25) is 9.59 Å². The second kappa shape index (κ2) is 14.2. The van der Waals surface area contributed by atoms with Gasteiger partial charge in [-0.2, -0.15) is 26.3 Å². The third kappa shape index (κ3) is 7.95. The largest absolute Gasteiger partial charge is 0.458 e. The number of esters is 2.